The maximum atomic E-state index is 13.2. The van der Waals surface area contributed by atoms with E-state index in [1.54, 1.807) is 42.6 Å². The SMILES string of the molecule is CCOC(=O)CCC(=S)N1CCC(c2nc(C(=O)Nc3ccccc3-c3cccc(C(F)(F)F)c3)cs2)CC1. The second kappa shape index (κ2) is 12.7. The number of benzene rings is 2. The number of thiocarbonyl (C=S) groups is 1. The maximum absolute atomic E-state index is 13.2. The van der Waals surface area contributed by atoms with Gasteiger partial charge in [0.25, 0.3) is 5.91 Å². The van der Waals surface area contributed by atoms with Crippen LogP contribution in [-0.4, -0.2) is 46.4 Å². The molecule has 1 aromatic heterocycles. The molecular weight excluding hydrogens is 547 g/mol. The maximum Gasteiger partial charge on any atom is 0.416 e. The summed E-state index contributed by atoms with van der Waals surface area (Å²) in [4.78, 5) is 32.1. The van der Waals surface area contributed by atoms with E-state index in [9.17, 15) is 22.8 Å². The Morgan fingerprint density at radius 1 is 1.13 bits per heavy atom. The van der Waals surface area contributed by atoms with E-state index in [1.807, 2.05) is 0 Å². The first-order chi connectivity index (χ1) is 18.7. The molecule has 3 aromatic rings. The third-order valence-corrected chi connectivity index (χ3v) is 7.95. The number of esters is 1. The quantitative estimate of drug-likeness (QED) is 0.232. The van der Waals surface area contributed by atoms with Gasteiger partial charge in [0.15, 0.2) is 0 Å². The lowest BCUT2D eigenvalue weighted by molar-refractivity contribution is -0.143. The summed E-state index contributed by atoms with van der Waals surface area (Å²) in [5, 5.41) is 5.38. The molecule has 1 N–H and O–H groups in total. The van der Waals surface area contributed by atoms with E-state index >= 15 is 0 Å². The molecule has 2 aromatic carbocycles. The lowest BCUT2D eigenvalue weighted by atomic mass is 9.97. The molecule has 1 fully saturated rings. The van der Waals surface area contributed by atoms with Crippen LogP contribution >= 0.6 is 23.6 Å². The average molecular weight is 576 g/mol. The van der Waals surface area contributed by atoms with Crippen molar-refractivity contribution in [2.24, 2.45) is 0 Å². The van der Waals surface area contributed by atoms with Crippen molar-refractivity contribution in [3.8, 4) is 11.1 Å². The number of nitrogens with one attached hydrogen (secondary N) is 1. The zero-order valence-electron chi connectivity index (χ0n) is 21.3. The number of piperidine rings is 1. The minimum Gasteiger partial charge on any atom is -0.466 e. The fourth-order valence-corrected chi connectivity index (χ4v) is 5.70. The third kappa shape index (κ3) is 7.42. The number of thiazole rings is 1. The predicted molar refractivity (Wildman–Crippen MR) is 149 cm³/mol. The number of amides is 1. The highest BCUT2D eigenvalue weighted by Crippen LogP contribution is 2.35. The molecular formula is C28H28F3N3O3S2. The van der Waals surface area contributed by atoms with Crippen LogP contribution in [-0.2, 0) is 15.7 Å². The van der Waals surface area contributed by atoms with Crippen LogP contribution in [0.15, 0.2) is 53.9 Å². The number of rotatable bonds is 8. The highest BCUT2D eigenvalue weighted by molar-refractivity contribution is 7.80. The molecule has 4 rings (SSSR count). The topological polar surface area (TPSA) is 71.5 Å². The van der Waals surface area contributed by atoms with E-state index in [2.05, 4.69) is 15.2 Å². The fraction of sp³-hybridized carbons (Fsp3) is 0.357. The molecule has 0 radical (unpaired) electrons. The van der Waals surface area contributed by atoms with Crippen LogP contribution in [0.1, 0.15) is 59.6 Å². The lowest BCUT2D eigenvalue weighted by Crippen LogP contribution is -2.37. The number of carbonyl (C=O) groups excluding carboxylic acids is 2. The van der Waals surface area contributed by atoms with Crippen LogP contribution in [0.25, 0.3) is 11.1 Å². The van der Waals surface area contributed by atoms with E-state index in [0.29, 0.717) is 29.8 Å². The third-order valence-electron chi connectivity index (χ3n) is 6.48. The number of ether oxygens (including phenoxy) is 1. The van der Waals surface area contributed by atoms with Crippen LogP contribution in [0.2, 0.25) is 0 Å². The summed E-state index contributed by atoms with van der Waals surface area (Å²) >= 11 is 6.92. The van der Waals surface area contributed by atoms with Gasteiger partial charge in [-0.15, -0.1) is 11.3 Å². The standard InChI is InChI=1S/C28H28F3N3O3S2/c1-2-37-25(35)11-10-24(38)34-14-12-18(13-15-34)27-33-23(17-39-27)26(36)32-22-9-4-3-8-21(22)19-6-5-7-20(16-19)28(29,30)31/h3-9,16-18H,2,10-15H2,1H3,(H,32,36). The predicted octanol–water partition coefficient (Wildman–Crippen LogP) is 6.93. The number of hydrogen-bond donors (Lipinski definition) is 1. The Morgan fingerprint density at radius 2 is 1.87 bits per heavy atom. The van der Waals surface area contributed by atoms with Crippen LogP contribution in [0, 0.1) is 0 Å². The smallest absolute Gasteiger partial charge is 0.416 e. The number of halogens is 3. The second-order valence-electron chi connectivity index (χ2n) is 9.11. The minimum absolute atomic E-state index is 0.193. The Bertz CT molecular complexity index is 1330. The van der Waals surface area contributed by atoms with Crippen molar-refractivity contribution in [1.82, 2.24) is 9.88 Å². The molecule has 1 saturated heterocycles. The number of likely N-dealkylation sites (tertiary alicyclic amines) is 1. The first kappa shape index (κ1) is 28.7. The largest absolute Gasteiger partial charge is 0.466 e. The number of anilines is 1. The Morgan fingerprint density at radius 3 is 2.59 bits per heavy atom. The number of aromatic nitrogens is 1. The van der Waals surface area contributed by atoms with Crippen molar-refractivity contribution in [2.45, 2.75) is 44.7 Å². The lowest BCUT2D eigenvalue weighted by Gasteiger charge is -2.33. The molecule has 206 valence electrons. The van der Waals surface area contributed by atoms with Crippen LogP contribution in [0.4, 0.5) is 18.9 Å². The van der Waals surface area contributed by atoms with E-state index < -0.39 is 17.6 Å². The molecule has 2 heterocycles. The molecule has 0 spiro atoms. The van der Waals surface area contributed by atoms with Gasteiger partial charge in [0.1, 0.15) is 5.69 Å². The first-order valence-electron chi connectivity index (χ1n) is 12.6. The molecule has 0 aliphatic carbocycles. The molecule has 0 atom stereocenters. The van der Waals surface area contributed by atoms with Crippen molar-refractivity contribution in [2.75, 3.05) is 25.0 Å². The summed E-state index contributed by atoms with van der Waals surface area (Å²) in [5.41, 5.74) is 0.753. The molecule has 1 aliphatic rings. The number of hydrogen-bond acceptors (Lipinski definition) is 6. The number of nitrogens with zero attached hydrogens (tertiary/aromatic N) is 2. The van der Waals surface area contributed by atoms with Gasteiger partial charge in [-0.1, -0.05) is 42.5 Å². The molecule has 0 saturated carbocycles. The summed E-state index contributed by atoms with van der Waals surface area (Å²) in [7, 11) is 0. The summed E-state index contributed by atoms with van der Waals surface area (Å²) in [5.74, 6) is -0.478. The van der Waals surface area contributed by atoms with E-state index in [0.717, 1.165) is 48.1 Å². The summed E-state index contributed by atoms with van der Waals surface area (Å²) in [6, 6.07) is 11.8. The Labute approximate surface area is 234 Å². The Balaban J connectivity index is 1.37. The van der Waals surface area contributed by atoms with Gasteiger partial charge < -0.3 is 15.0 Å². The molecule has 6 nitrogen and oxygen atoms in total. The van der Waals surface area contributed by atoms with E-state index in [-0.39, 0.29) is 24.0 Å². The fourth-order valence-electron chi connectivity index (χ4n) is 4.45. The Kier molecular flexibility index (Phi) is 9.34. The first-order valence-corrected chi connectivity index (χ1v) is 13.9. The Hall–Kier alpha value is -3.31. The number of alkyl halides is 3. The van der Waals surface area contributed by atoms with Crippen molar-refractivity contribution in [3.63, 3.8) is 0 Å². The molecule has 0 bridgehead atoms. The molecule has 1 amide bonds. The number of carbonyl (C=O) groups is 2. The van der Waals surface area contributed by atoms with Gasteiger partial charge >= 0.3 is 12.1 Å². The minimum atomic E-state index is -4.46. The average Bonchev–Trinajstić information content (AvgIpc) is 3.43. The molecule has 11 heteroatoms. The molecule has 0 unspecified atom stereocenters. The van der Waals surface area contributed by atoms with E-state index in [4.69, 9.17) is 17.0 Å². The van der Waals surface area contributed by atoms with Gasteiger partial charge in [-0.2, -0.15) is 13.2 Å². The summed E-state index contributed by atoms with van der Waals surface area (Å²) < 4.78 is 44.6. The summed E-state index contributed by atoms with van der Waals surface area (Å²) in [6.45, 7) is 3.62. The van der Waals surface area contributed by atoms with Crippen molar-refractivity contribution in [1.29, 1.82) is 0 Å². The van der Waals surface area contributed by atoms with Gasteiger partial charge in [-0.05, 0) is 43.5 Å². The van der Waals surface area contributed by atoms with Gasteiger partial charge in [0.05, 0.1) is 28.6 Å². The highest BCUT2D eigenvalue weighted by Gasteiger charge is 2.31. The van der Waals surface area contributed by atoms with Gasteiger partial charge in [0, 0.05) is 42.1 Å². The van der Waals surface area contributed by atoms with Gasteiger partial charge in [0.2, 0.25) is 0 Å². The van der Waals surface area contributed by atoms with Gasteiger partial charge in [-0.25, -0.2) is 4.98 Å². The van der Waals surface area contributed by atoms with E-state index in [1.165, 1.54) is 17.4 Å². The number of para-hydroxylation sites is 1. The zero-order valence-corrected chi connectivity index (χ0v) is 22.9. The highest BCUT2D eigenvalue weighted by atomic mass is 32.1. The normalized spacial score (nSPS) is 14.2. The monoisotopic (exact) mass is 575 g/mol. The van der Waals surface area contributed by atoms with Gasteiger partial charge in [-0.3, -0.25) is 9.59 Å². The molecule has 1 aliphatic heterocycles. The van der Waals surface area contributed by atoms with Crippen molar-refractivity contribution < 1.29 is 27.5 Å². The van der Waals surface area contributed by atoms with Crippen LogP contribution in [0.5, 0.6) is 0 Å². The zero-order chi connectivity index (χ0) is 28.0. The van der Waals surface area contributed by atoms with Crippen LogP contribution < -0.4 is 5.32 Å². The van der Waals surface area contributed by atoms with Crippen molar-refractivity contribution >= 4 is 46.1 Å². The van der Waals surface area contributed by atoms with Crippen molar-refractivity contribution in [3.05, 3.63) is 70.2 Å². The second-order valence-corrected chi connectivity index (χ2v) is 10.5. The van der Waals surface area contributed by atoms with Crippen LogP contribution in [0.3, 0.4) is 0 Å². The summed E-state index contributed by atoms with van der Waals surface area (Å²) in [6.07, 6.45) is -2.05. The molecule has 39 heavy (non-hydrogen) atoms.